The molecule has 4 atom stereocenters. The predicted molar refractivity (Wildman–Crippen MR) is 172 cm³/mol. The summed E-state index contributed by atoms with van der Waals surface area (Å²) in [5.41, 5.74) is -2.83. The number of benzene rings is 1. The van der Waals surface area contributed by atoms with E-state index in [0.29, 0.717) is 44.3 Å². The number of hydrogen-bond acceptors (Lipinski definition) is 10. The molecule has 3 aliphatic heterocycles. The maximum atomic E-state index is 13.3. The highest BCUT2D eigenvalue weighted by Crippen LogP contribution is 2.52. The van der Waals surface area contributed by atoms with E-state index in [-0.39, 0.29) is 54.5 Å². The van der Waals surface area contributed by atoms with Gasteiger partial charge in [0.05, 0.1) is 19.2 Å². The first-order valence-electron chi connectivity index (χ1n) is 16.2. The molecule has 0 radical (unpaired) electrons. The lowest BCUT2D eigenvalue weighted by atomic mass is 10.0. The van der Waals surface area contributed by atoms with Gasteiger partial charge in [-0.2, -0.15) is 24.9 Å². The average Bonchev–Trinajstić information content (AvgIpc) is 3.72. The molecule has 3 aliphatic rings. The van der Waals surface area contributed by atoms with E-state index in [0.717, 1.165) is 37.1 Å². The van der Waals surface area contributed by atoms with Gasteiger partial charge in [-0.15, -0.1) is 10.2 Å². The first-order chi connectivity index (χ1) is 23.4. The van der Waals surface area contributed by atoms with Crippen LogP contribution in [0.1, 0.15) is 67.3 Å². The summed E-state index contributed by atoms with van der Waals surface area (Å²) in [5.74, 6) is -0.930. The summed E-state index contributed by atoms with van der Waals surface area (Å²) in [4.78, 5) is 60.9. The van der Waals surface area contributed by atoms with Gasteiger partial charge in [-0.1, -0.05) is 18.6 Å². The van der Waals surface area contributed by atoms with Gasteiger partial charge >= 0.3 is 23.8 Å². The summed E-state index contributed by atoms with van der Waals surface area (Å²) < 4.78 is 50.0. The Labute approximate surface area is 285 Å². The second-order valence-corrected chi connectivity index (χ2v) is 13.2. The fourth-order valence-corrected chi connectivity index (χ4v) is 7.09. The largest absolute Gasteiger partial charge is 0.469 e. The molecular formula is C31H42F3N7O7S. The van der Waals surface area contributed by atoms with E-state index in [9.17, 15) is 37.1 Å². The molecule has 4 rings (SSSR count). The van der Waals surface area contributed by atoms with Gasteiger partial charge in [0.2, 0.25) is 11.8 Å². The molecule has 5 amide bonds. The number of halogens is 3. The molecule has 0 bridgehead atoms. The summed E-state index contributed by atoms with van der Waals surface area (Å²) in [6, 6.07) is 3.74. The maximum absolute atomic E-state index is 13.3. The van der Waals surface area contributed by atoms with Crippen LogP contribution >= 0.6 is 11.8 Å². The number of unbranched alkanes of at least 4 members (excludes halogenated alkanes) is 1. The number of carbonyl (C=O) groups excluding carboxylic acids is 5. The lowest BCUT2D eigenvalue weighted by molar-refractivity contribution is -0.166. The summed E-state index contributed by atoms with van der Waals surface area (Å²) in [6.45, 7) is 1.46. The number of urea groups is 1. The van der Waals surface area contributed by atoms with Crippen molar-refractivity contribution in [1.29, 1.82) is 0 Å². The van der Waals surface area contributed by atoms with Crippen molar-refractivity contribution >= 4 is 41.5 Å². The lowest BCUT2D eigenvalue weighted by Gasteiger charge is -2.19. The number of rotatable bonds is 20. The number of carbonyl (C=O) groups is 5. The number of alkyl halides is 3. The number of esters is 1. The van der Waals surface area contributed by atoms with E-state index in [1.165, 1.54) is 19.2 Å². The van der Waals surface area contributed by atoms with Crippen LogP contribution in [0.25, 0.3) is 0 Å². The molecule has 0 saturated carbocycles. The van der Waals surface area contributed by atoms with Gasteiger partial charge in [0.15, 0.2) is 0 Å². The van der Waals surface area contributed by atoms with Crippen molar-refractivity contribution in [2.75, 3.05) is 39.2 Å². The fourth-order valence-electron chi connectivity index (χ4n) is 5.55. The van der Waals surface area contributed by atoms with Crippen molar-refractivity contribution in [2.45, 2.75) is 86.6 Å². The Morgan fingerprint density at radius 1 is 1.00 bits per heavy atom. The smallest absolute Gasteiger partial charge is 0.442 e. The molecule has 0 unspecified atom stereocenters. The molecule has 1 aromatic carbocycles. The number of fused-ring (bicyclic) bond motifs is 1. The number of amides is 5. The van der Waals surface area contributed by atoms with E-state index in [1.54, 1.807) is 0 Å². The standard InChI is InChI=1S/C31H42F3N7O7S/c1-47-25(43)13-12-21(37-27(44)19-8-10-20(11-9-19)30(40-41-30)31(32,33)34)28(45)36-15-5-17-48-16-4-14-35-24(42)7-3-2-6-23-26-22(18-49-23)38-29(46)39-26/h8-11,21-23,26H,2-7,12-18H2,1H3,(H,35,42)(H,36,45)(H,37,44)(H2,38,39,46)/t21-,22-,23-,26-/m0/s1. The SMILES string of the molecule is COC(=O)CC[C@H](NC(=O)c1ccc(C2(C(F)(F)F)N=N2)cc1)C(=O)NCCCOCCCNC(=O)CCCC[C@@H]1SC[C@@H]2NC(=O)N[C@@H]21. The second-order valence-electron chi connectivity index (χ2n) is 11.9. The Hall–Kier alpha value is -3.93. The minimum absolute atomic E-state index is 0.0119. The van der Waals surface area contributed by atoms with Crippen LogP contribution in [0.5, 0.6) is 0 Å². The van der Waals surface area contributed by atoms with E-state index >= 15 is 0 Å². The molecule has 0 spiro atoms. The van der Waals surface area contributed by atoms with Crippen LogP contribution in [0.2, 0.25) is 0 Å². The fraction of sp³-hybridized carbons (Fsp3) is 0.645. The van der Waals surface area contributed by atoms with Gasteiger partial charge in [0.25, 0.3) is 5.91 Å². The van der Waals surface area contributed by atoms with Crippen molar-refractivity contribution in [3.8, 4) is 0 Å². The van der Waals surface area contributed by atoms with Crippen LogP contribution in [-0.2, 0) is 29.5 Å². The Kier molecular flexibility index (Phi) is 13.6. The van der Waals surface area contributed by atoms with E-state index in [2.05, 4.69) is 41.5 Å². The third-order valence-electron chi connectivity index (χ3n) is 8.36. The minimum atomic E-state index is -4.70. The summed E-state index contributed by atoms with van der Waals surface area (Å²) in [5, 5.41) is 20.7. The third-order valence-corrected chi connectivity index (χ3v) is 9.87. The molecule has 2 saturated heterocycles. The molecule has 2 fully saturated rings. The monoisotopic (exact) mass is 713 g/mol. The van der Waals surface area contributed by atoms with Gasteiger partial charge in [0.1, 0.15) is 6.04 Å². The molecule has 5 N–H and O–H groups in total. The second kappa shape index (κ2) is 17.6. The predicted octanol–water partition coefficient (Wildman–Crippen LogP) is 2.67. The highest BCUT2D eigenvalue weighted by molar-refractivity contribution is 8.00. The Bertz CT molecular complexity index is 1360. The summed E-state index contributed by atoms with van der Waals surface area (Å²) in [7, 11) is 1.20. The van der Waals surface area contributed by atoms with Crippen molar-refractivity contribution in [3.63, 3.8) is 0 Å². The average molecular weight is 714 g/mol. The topological polar surface area (TPSA) is 189 Å². The van der Waals surface area contributed by atoms with E-state index in [1.807, 2.05) is 11.8 Å². The van der Waals surface area contributed by atoms with Gasteiger partial charge < -0.3 is 36.1 Å². The van der Waals surface area contributed by atoms with Crippen LogP contribution in [0.3, 0.4) is 0 Å². The Morgan fingerprint density at radius 3 is 2.35 bits per heavy atom. The molecule has 49 heavy (non-hydrogen) atoms. The molecular weight excluding hydrogens is 671 g/mol. The first kappa shape index (κ1) is 37.9. The van der Waals surface area contributed by atoms with Crippen LogP contribution in [-0.4, -0.2) is 98.4 Å². The number of nitrogens with zero attached hydrogens (tertiary/aromatic N) is 2. The summed E-state index contributed by atoms with van der Waals surface area (Å²) in [6.07, 6.45) is -0.722. The number of ether oxygens (including phenoxy) is 2. The van der Waals surface area contributed by atoms with E-state index in [4.69, 9.17) is 4.74 Å². The molecule has 18 heteroatoms. The summed E-state index contributed by atoms with van der Waals surface area (Å²) >= 11 is 1.86. The van der Waals surface area contributed by atoms with Crippen LogP contribution in [0.15, 0.2) is 34.5 Å². The molecule has 0 aromatic heterocycles. The van der Waals surface area contributed by atoms with Crippen LogP contribution in [0.4, 0.5) is 18.0 Å². The van der Waals surface area contributed by atoms with Gasteiger partial charge in [-0.25, -0.2) is 4.79 Å². The van der Waals surface area contributed by atoms with Gasteiger partial charge in [0, 0.05) is 61.3 Å². The molecule has 14 nitrogen and oxygen atoms in total. The normalized spacial score (nSPS) is 20.8. The zero-order chi connectivity index (χ0) is 35.4. The van der Waals surface area contributed by atoms with Gasteiger partial charge in [-0.05, 0) is 44.2 Å². The zero-order valence-corrected chi connectivity index (χ0v) is 27.9. The molecule has 3 heterocycles. The molecule has 270 valence electrons. The zero-order valence-electron chi connectivity index (χ0n) is 27.1. The number of thioether (sulfide) groups is 1. The Balaban J connectivity index is 1.06. The molecule has 1 aromatic rings. The molecule has 0 aliphatic carbocycles. The number of methoxy groups -OCH3 is 1. The minimum Gasteiger partial charge on any atom is -0.469 e. The maximum Gasteiger partial charge on any atom is 0.442 e. The Morgan fingerprint density at radius 2 is 1.69 bits per heavy atom. The van der Waals surface area contributed by atoms with Crippen LogP contribution < -0.4 is 26.6 Å². The van der Waals surface area contributed by atoms with Crippen molar-refractivity contribution in [3.05, 3.63) is 35.4 Å². The number of nitrogens with one attached hydrogen (secondary N) is 5. The van der Waals surface area contributed by atoms with Crippen molar-refractivity contribution in [1.82, 2.24) is 26.6 Å². The number of hydrogen-bond donors (Lipinski definition) is 5. The first-order valence-corrected chi connectivity index (χ1v) is 17.3. The third kappa shape index (κ3) is 10.8. The quantitative estimate of drug-likeness (QED) is 0.0775. The highest BCUT2D eigenvalue weighted by Gasteiger charge is 2.65. The highest BCUT2D eigenvalue weighted by atomic mass is 32.2. The lowest BCUT2D eigenvalue weighted by Crippen LogP contribution is -2.47. The van der Waals surface area contributed by atoms with Gasteiger partial charge in [-0.3, -0.25) is 19.2 Å². The van der Waals surface area contributed by atoms with Crippen LogP contribution in [0, 0.1) is 0 Å². The van der Waals surface area contributed by atoms with Crippen molar-refractivity contribution in [2.24, 2.45) is 10.2 Å². The van der Waals surface area contributed by atoms with E-state index < -0.39 is 35.7 Å². The van der Waals surface area contributed by atoms with Crippen molar-refractivity contribution < 1.29 is 46.6 Å².